The number of aromatic nitrogens is 2. The van der Waals surface area contributed by atoms with Gasteiger partial charge < -0.3 is 15.2 Å². The number of hydrogen-bond acceptors (Lipinski definition) is 6. The summed E-state index contributed by atoms with van der Waals surface area (Å²) in [6.45, 7) is 1.37. The van der Waals surface area contributed by atoms with Gasteiger partial charge in [0.2, 0.25) is 0 Å². The number of nitrogens with zero attached hydrogens (tertiary/aromatic N) is 2. The van der Waals surface area contributed by atoms with E-state index in [4.69, 9.17) is 15.2 Å². The van der Waals surface area contributed by atoms with E-state index in [-0.39, 0.29) is 0 Å². The van der Waals surface area contributed by atoms with Gasteiger partial charge in [-0.05, 0) is 36.0 Å². The molecule has 5 nitrogen and oxygen atoms in total. The quantitative estimate of drug-likeness (QED) is 0.848. The number of ether oxygens (including phenoxy) is 2. The summed E-state index contributed by atoms with van der Waals surface area (Å²) in [6.07, 6.45) is 2.54. The third kappa shape index (κ3) is 2.90. The van der Waals surface area contributed by atoms with E-state index in [0.717, 1.165) is 22.8 Å². The fourth-order valence-corrected chi connectivity index (χ4v) is 2.49. The Morgan fingerprint density at radius 3 is 2.79 bits per heavy atom. The molecule has 0 amide bonds. The molecule has 1 aliphatic rings. The van der Waals surface area contributed by atoms with Gasteiger partial charge in [-0.3, -0.25) is 0 Å². The molecule has 0 unspecified atom stereocenters. The molecule has 0 bridgehead atoms. The zero-order valence-electron chi connectivity index (χ0n) is 10.2. The smallest absolute Gasteiger partial charge is 0.194 e. The van der Waals surface area contributed by atoms with Crippen LogP contribution in [-0.2, 0) is 0 Å². The third-order valence-electron chi connectivity index (χ3n) is 2.58. The van der Waals surface area contributed by atoms with Gasteiger partial charge in [0.25, 0.3) is 0 Å². The van der Waals surface area contributed by atoms with Gasteiger partial charge in [0.05, 0.1) is 13.2 Å². The fourth-order valence-electron chi connectivity index (χ4n) is 1.72. The number of nitrogen functional groups attached to an aromatic ring is 1. The standard InChI is InChI=1S/C13H13N3O2S/c14-12-4-5-15-13(16-12)19-9-2-3-10-11(8-9)18-7-1-6-17-10/h2-5,8H,1,6-7H2,(H2,14,15,16). The van der Waals surface area contributed by atoms with Crippen LogP contribution in [0.3, 0.4) is 0 Å². The van der Waals surface area contributed by atoms with Gasteiger partial charge >= 0.3 is 0 Å². The van der Waals surface area contributed by atoms with Crippen molar-refractivity contribution in [3.05, 3.63) is 30.5 Å². The molecule has 0 aliphatic carbocycles. The third-order valence-corrected chi connectivity index (χ3v) is 3.45. The maximum absolute atomic E-state index is 5.65. The van der Waals surface area contributed by atoms with Crippen LogP contribution in [0.4, 0.5) is 5.82 Å². The van der Waals surface area contributed by atoms with Crippen LogP contribution >= 0.6 is 11.8 Å². The first-order valence-electron chi connectivity index (χ1n) is 5.97. The topological polar surface area (TPSA) is 70.3 Å². The van der Waals surface area contributed by atoms with Crippen LogP contribution in [0.1, 0.15) is 6.42 Å². The number of benzene rings is 1. The first-order valence-corrected chi connectivity index (χ1v) is 6.79. The zero-order valence-corrected chi connectivity index (χ0v) is 11.0. The first-order chi connectivity index (χ1) is 9.31. The summed E-state index contributed by atoms with van der Waals surface area (Å²) < 4.78 is 11.2. The van der Waals surface area contributed by atoms with Crippen molar-refractivity contribution in [3.8, 4) is 11.5 Å². The predicted octanol–water partition coefficient (Wildman–Crippen LogP) is 2.37. The van der Waals surface area contributed by atoms with Crippen molar-refractivity contribution in [2.75, 3.05) is 18.9 Å². The minimum atomic E-state index is 0.465. The zero-order chi connectivity index (χ0) is 13.1. The number of hydrogen-bond donors (Lipinski definition) is 1. The Bertz CT molecular complexity index is 592. The maximum atomic E-state index is 5.65. The SMILES string of the molecule is Nc1ccnc(Sc2ccc3c(c2)OCCCO3)n1. The Balaban J connectivity index is 1.84. The molecule has 1 aromatic carbocycles. The molecule has 0 saturated carbocycles. The monoisotopic (exact) mass is 275 g/mol. The Kier molecular flexibility index (Phi) is 3.41. The molecular formula is C13H13N3O2S. The molecule has 0 fully saturated rings. The number of nitrogens with two attached hydrogens (primary N) is 1. The average Bonchev–Trinajstić information content (AvgIpc) is 2.63. The Labute approximate surface area is 115 Å². The van der Waals surface area contributed by atoms with Crippen molar-refractivity contribution in [3.63, 3.8) is 0 Å². The van der Waals surface area contributed by atoms with Crippen LogP contribution in [0.5, 0.6) is 11.5 Å². The van der Waals surface area contributed by atoms with Gasteiger partial charge in [-0.1, -0.05) is 0 Å². The van der Waals surface area contributed by atoms with Crippen LogP contribution in [0.2, 0.25) is 0 Å². The molecule has 0 spiro atoms. The Morgan fingerprint density at radius 2 is 1.95 bits per heavy atom. The van der Waals surface area contributed by atoms with Crippen LogP contribution < -0.4 is 15.2 Å². The number of rotatable bonds is 2. The highest BCUT2D eigenvalue weighted by molar-refractivity contribution is 7.99. The lowest BCUT2D eigenvalue weighted by Gasteiger charge is -2.08. The van der Waals surface area contributed by atoms with Crippen molar-refractivity contribution < 1.29 is 9.47 Å². The van der Waals surface area contributed by atoms with Gasteiger partial charge in [-0.15, -0.1) is 0 Å². The van der Waals surface area contributed by atoms with E-state index >= 15 is 0 Å². The molecule has 1 aromatic heterocycles. The van der Waals surface area contributed by atoms with E-state index in [0.29, 0.717) is 24.2 Å². The highest BCUT2D eigenvalue weighted by atomic mass is 32.2. The molecule has 0 saturated heterocycles. The van der Waals surface area contributed by atoms with E-state index in [9.17, 15) is 0 Å². The molecule has 98 valence electrons. The van der Waals surface area contributed by atoms with Crippen LogP contribution in [-0.4, -0.2) is 23.2 Å². The van der Waals surface area contributed by atoms with Crippen molar-refractivity contribution in [2.24, 2.45) is 0 Å². The first kappa shape index (κ1) is 12.1. The van der Waals surface area contributed by atoms with Crippen molar-refractivity contribution in [1.29, 1.82) is 0 Å². The molecule has 0 radical (unpaired) electrons. The lowest BCUT2D eigenvalue weighted by molar-refractivity contribution is 0.297. The lowest BCUT2D eigenvalue weighted by Crippen LogP contribution is -1.97. The Hall–Kier alpha value is -1.95. The molecule has 2 heterocycles. The van der Waals surface area contributed by atoms with E-state index in [1.54, 1.807) is 12.3 Å². The number of anilines is 1. The average molecular weight is 275 g/mol. The van der Waals surface area contributed by atoms with E-state index in [1.165, 1.54) is 11.8 Å². The summed E-state index contributed by atoms with van der Waals surface area (Å²) in [5.41, 5.74) is 5.63. The summed E-state index contributed by atoms with van der Waals surface area (Å²) in [4.78, 5) is 9.32. The second-order valence-corrected chi connectivity index (χ2v) is 5.07. The second kappa shape index (κ2) is 5.36. The number of fused-ring (bicyclic) bond motifs is 1. The molecular weight excluding hydrogens is 262 g/mol. The van der Waals surface area contributed by atoms with Gasteiger partial charge in [0.1, 0.15) is 5.82 Å². The summed E-state index contributed by atoms with van der Waals surface area (Å²) >= 11 is 1.44. The molecule has 6 heteroatoms. The minimum absolute atomic E-state index is 0.465. The molecule has 2 N–H and O–H groups in total. The minimum Gasteiger partial charge on any atom is -0.490 e. The van der Waals surface area contributed by atoms with Gasteiger partial charge in [-0.2, -0.15) is 0 Å². The normalized spacial score (nSPS) is 13.9. The largest absolute Gasteiger partial charge is 0.490 e. The molecule has 2 aromatic rings. The van der Waals surface area contributed by atoms with Gasteiger partial charge in [0.15, 0.2) is 16.7 Å². The van der Waals surface area contributed by atoms with E-state index in [2.05, 4.69) is 9.97 Å². The van der Waals surface area contributed by atoms with Crippen molar-refractivity contribution in [2.45, 2.75) is 16.5 Å². The summed E-state index contributed by atoms with van der Waals surface area (Å²) in [5, 5.41) is 0.620. The van der Waals surface area contributed by atoms with Gasteiger partial charge in [0, 0.05) is 17.5 Å². The van der Waals surface area contributed by atoms with E-state index < -0.39 is 0 Å². The van der Waals surface area contributed by atoms with E-state index in [1.807, 2.05) is 18.2 Å². The maximum Gasteiger partial charge on any atom is 0.194 e. The van der Waals surface area contributed by atoms with Crippen LogP contribution in [0.25, 0.3) is 0 Å². The summed E-state index contributed by atoms with van der Waals surface area (Å²) in [5.74, 6) is 2.02. The highest BCUT2D eigenvalue weighted by Gasteiger charge is 2.11. The highest BCUT2D eigenvalue weighted by Crippen LogP contribution is 2.35. The van der Waals surface area contributed by atoms with Crippen LogP contribution in [0.15, 0.2) is 40.5 Å². The van der Waals surface area contributed by atoms with Crippen molar-refractivity contribution >= 4 is 17.6 Å². The molecule has 1 aliphatic heterocycles. The van der Waals surface area contributed by atoms with Gasteiger partial charge in [-0.25, -0.2) is 9.97 Å². The molecule has 3 rings (SSSR count). The second-order valence-electron chi connectivity index (χ2n) is 4.03. The fraction of sp³-hybridized carbons (Fsp3) is 0.231. The predicted molar refractivity (Wildman–Crippen MR) is 72.6 cm³/mol. The summed E-state index contributed by atoms with van der Waals surface area (Å²) in [6, 6.07) is 7.48. The van der Waals surface area contributed by atoms with Crippen LogP contribution in [0, 0.1) is 0 Å². The summed E-state index contributed by atoms with van der Waals surface area (Å²) in [7, 11) is 0. The molecule has 0 atom stereocenters. The molecule has 19 heavy (non-hydrogen) atoms. The Morgan fingerprint density at radius 1 is 1.11 bits per heavy atom. The lowest BCUT2D eigenvalue weighted by atomic mass is 10.3. The van der Waals surface area contributed by atoms with Crippen molar-refractivity contribution in [1.82, 2.24) is 9.97 Å².